The lowest BCUT2D eigenvalue weighted by atomic mass is 9.99. The smallest absolute Gasteiger partial charge is 0.270 e. The van der Waals surface area contributed by atoms with Gasteiger partial charge in [-0.25, -0.2) is 4.98 Å². The number of amides is 1. The highest BCUT2D eigenvalue weighted by Crippen LogP contribution is 2.31. The molecule has 4 heterocycles. The van der Waals surface area contributed by atoms with Gasteiger partial charge in [-0.1, -0.05) is 6.07 Å². The molecular formula is C19H21N5O3. The van der Waals surface area contributed by atoms with Gasteiger partial charge in [0.1, 0.15) is 11.3 Å². The van der Waals surface area contributed by atoms with Crippen LogP contribution in [0.5, 0.6) is 0 Å². The van der Waals surface area contributed by atoms with E-state index in [1.165, 1.54) is 10.5 Å². The molecule has 0 aliphatic carbocycles. The number of aryl methyl sites for hydroxylation is 1. The molecule has 3 aromatic rings. The van der Waals surface area contributed by atoms with Crippen LogP contribution in [0.3, 0.4) is 0 Å². The van der Waals surface area contributed by atoms with Crippen molar-refractivity contribution < 1.29 is 9.53 Å². The molecule has 0 spiro atoms. The Balaban J connectivity index is 1.58. The highest BCUT2D eigenvalue weighted by molar-refractivity contribution is 5.94. The normalized spacial score (nSPS) is 19.1. The van der Waals surface area contributed by atoms with Gasteiger partial charge in [0.25, 0.3) is 11.5 Å². The highest BCUT2D eigenvalue weighted by Gasteiger charge is 2.31. The molecule has 0 unspecified atom stereocenters. The summed E-state index contributed by atoms with van der Waals surface area (Å²) in [6.07, 6.45) is 2.20. The molecule has 2 atom stereocenters. The van der Waals surface area contributed by atoms with Gasteiger partial charge in [-0.05, 0) is 26.0 Å². The Morgan fingerprint density at radius 1 is 1.37 bits per heavy atom. The van der Waals surface area contributed by atoms with Crippen molar-refractivity contribution in [2.24, 2.45) is 7.05 Å². The molecule has 1 aliphatic rings. The van der Waals surface area contributed by atoms with Crippen LogP contribution in [-0.2, 0) is 24.8 Å². The lowest BCUT2D eigenvalue weighted by molar-refractivity contribution is -0.00710. The number of ether oxygens (including phenoxy) is 1. The Morgan fingerprint density at radius 2 is 2.19 bits per heavy atom. The van der Waals surface area contributed by atoms with Crippen molar-refractivity contribution in [2.75, 3.05) is 0 Å². The third kappa shape index (κ3) is 3.12. The molecule has 3 aromatic heterocycles. The summed E-state index contributed by atoms with van der Waals surface area (Å²) < 4.78 is 8.85. The van der Waals surface area contributed by atoms with E-state index >= 15 is 0 Å². The predicted molar refractivity (Wildman–Crippen MR) is 98.5 cm³/mol. The van der Waals surface area contributed by atoms with Gasteiger partial charge in [0.2, 0.25) is 0 Å². The first-order valence-electron chi connectivity index (χ1n) is 8.91. The van der Waals surface area contributed by atoms with E-state index in [1.54, 1.807) is 30.1 Å². The largest absolute Gasteiger partial charge is 0.369 e. The summed E-state index contributed by atoms with van der Waals surface area (Å²) in [4.78, 5) is 29.4. The summed E-state index contributed by atoms with van der Waals surface area (Å²) in [6.45, 7) is 4.09. The predicted octanol–water partition coefficient (Wildman–Crippen LogP) is 1.38. The fourth-order valence-electron chi connectivity index (χ4n) is 3.60. The number of hydrogen-bond acceptors (Lipinski definition) is 5. The van der Waals surface area contributed by atoms with Crippen molar-refractivity contribution >= 4 is 11.6 Å². The summed E-state index contributed by atoms with van der Waals surface area (Å²) in [6, 6.07) is 6.78. The Hall–Kier alpha value is -3.00. The van der Waals surface area contributed by atoms with Crippen molar-refractivity contribution in [1.82, 2.24) is 24.5 Å². The topological polar surface area (TPSA) is 90.5 Å². The minimum atomic E-state index is -0.234. The summed E-state index contributed by atoms with van der Waals surface area (Å²) >= 11 is 0. The molecule has 140 valence electrons. The Kier molecular flexibility index (Phi) is 4.27. The summed E-state index contributed by atoms with van der Waals surface area (Å²) in [7, 11) is 1.76. The third-order valence-electron chi connectivity index (χ3n) is 4.76. The minimum absolute atomic E-state index is 0.0328. The van der Waals surface area contributed by atoms with Gasteiger partial charge >= 0.3 is 0 Å². The molecule has 1 N–H and O–H groups in total. The van der Waals surface area contributed by atoms with Gasteiger partial charge < -0.3 is 10.1 Å². The van der Waals surface area contributed by atoms with Crippen LogP contribution in [-0.4, -0.2) is 31.2 Å². The molecule has 1 amide bonds. The molecule has 0 bridgehead atoms. The van der Waals surface area contributed by atoms with Crippen LogP contribution in [0.4, 0.5) is 0 Å². The van der Waals surface area contributed by atoms with Crippen LogP contribution in [0.2, 0.25) is 0 Å². The lowest BCUT2D eigenvalue weighted by Crippen LogP contribution is -2.29. The summed E-state index contributed by atoms with van der Waals surface area (Å²) in [5, 5.41) is 7.32. The van der Waals surface area contributed by atoms with E-state index < -0.39 is 0 Å². The number of fused-ring (bicyclic) bond motifs is 2. The van der Waals surface area contributed by atoms with Gasteiger partial charge in [0.05, 0.1) is 30.1 Å². The van der Waals surface area contributed by atoms with E-state index in [-0.39, 0.29) is 30.2 Å². The second kappa shape index (κ2) is 6.62. The number of aromatic nitrogens is 4. The third-order valence-corrected chi connectivity index (χ3v) is 4.76. The molecule has 8 nitrogen and oxygen atoms in total. The maximum Gasteiger partial charge on any atom is 0.270 e. The minimum Gasteiger partial charge on any atom is -0.369 e. The molecule has 1 aliphatic heterocycles. The number of carbonyl (C=O) groups excluding carboxylic acids is 1. The van der Waals surface area contributed by atoms with Gasteiger partial charge in [-0.2, -0.15) is 5.10 Å². The fraction of sp³-hybridized carbons (Fsp3) is 0.368. The van der Waals surface area contributed by atoms with Crippen LogP contribution in [0.15, 0.2) is 35.3 Å². The number of carbonyl (C=O) groups is 1. The Labute approximate surface area is 155 Å². The highest BCUT2D eigenvalue weighted by atomic mass is 16.5. The summed E-state index contributed by atoms with van der Waals surface area (Å²) in [5.41, 5.74) is 3.15. The second-order valence-electron chi connectivity index (χ2n) is 6.83. The Morgan fingerprint density at radius 3 is 3.00 bits per heavy atom. The van der Waals surface area contributed by atoms with Gasteiger partial charge in [-0.15, -0.1) is 0 Å². The lowest BCUT2D eigenvalue weighted by Gasteiger charge is -2.24. The zero-order valence-corrected chi connectivity index (χ0v) is 15.5. The zero-order valence-electron chi connectivity index (χ0n) is 15.5. The first kappa shape index (κ1) is 17.4. The van der Waals surface area contributed by atoms with Crippen molar-refractivity contribution in [3.63, 3.8) is 0 Å². The average Bonchev–Trinajstić information content (AvgIpc) is 2.96. The number of pyridine rings is 1. The maximum atomic E-state index is 12.8. The van der Waals surface area contributed by atoms with E-state index in [9.17, 15) is 9.59 Å². The van der Waals surface area contributed by atoms with E-state index in [0.717, 1.165) is 11.3 Å². The van der Waals surface area contributed by atoms with Crippen molar-refractivity contribution in [2.45, 2.75) is 39.0 Å². The van der Waals surface area contributed by atoms with E-state index in [1.807, 2.05) is 19.9 Å². The van der Waals surface area contributed by atoms with Crippen LogP contribution in [0, 0.1) is 0 Å². The molecule has 0 saturated carbocycles. The number of rotatable bonds is 3. The molecule has 8 heteroatoms. The SMILES string of the molecule is C[C@@H]1Cc2c(nn(C)c2C(=O)NCc2cc(=O)n3ccccc3n2)[C@H](C)O1. The second-order valence-corrected chi connectivity index (χ2v) is 6.83. The number of nitrogens with one attached hydrogen (secondary N) is 1. The molecular weight excluding hydrogens is 346 g/mol. The van der Waals surface area contributed by atoms with Crippen LogP contribution in [0.25, 0.3) is 5.65 Å². The van der Waals surface area contributed by atoms with Crippen LogP contribution >= 0.6 is 0 Å². The molecule has 27 heavy (non-hydrogen) atoms. The van der Waals surface area contributed by atoms with Crippen molar-refractivity contribution in [3.8, 4) is 0 Å². The fourth-order valence-corrected chi connectivity index (χ4v) is 3.60. The van der Waals surface area contributed by atoms with Crippen molar-refractivity contribution in [3.05, 3.63) is 63.5 Å². The first-order valence-corrected chi connectivity index (χ1v) is 8.91. The van der Waals surface area contributed by atoms with Crippen LogP contribution < -0.4 is 10.9 Å². The average molecular weight is 367 g/mol. The first-order chi connectivity index (χ1) is 12.9. The molecule has 4 rings (SSSR count). The summed E-state index contributed by atoms with van der Waals surface area (Å²) in [5.74, 6) is -0.234. The number of nitrogens with zero attached hydrogens (tertiary/aromatic N) is 4. The standard InChI is InChI=1S/C19H21N5O3/c1-11-8-14-17(12(2)27-11)22-23(3)18(14)19(26)20-10-13-9-16(25)24-7-5-4-6-15(24)21-13/h4-7,9,11-12H,8,10H2,1-3H3,(H,20,26)/t11-,12+/m1/s1. The van der Waals surface area contributed by atoms with E-state index in [0.29, 0.717) is 23.5 Å². The van der Waals surface area contributed by atoms with E-state index in [2.05, 4.69) is 15.4 Å². The zero-order chi connectivity index (χ0) is 19.1. The van der Waals surface area contributed by atoms with Gasteiger partial charge in [0, 0.05) is 31.3 Å². The maximum absolute atomic E-state index is 12.8. The molecule has 0 fully saturated rings. The monoisotopic (exact) mass is 367 g/mol. The molecule has 0 radical (unpaired) electrons. The molecule has 0 aromatic carbocycles. The quantitative estimate of drug-likeness (QED) is 0.755. The van der Waals surface area contributed by atoms with Gasteiger partial charge in [-0.3, -0.25) is 18.7 Å². The van der Waals surface area contributed by atoms with Gasteiger partial charge in [0.15, 0.2) is 0 Å². The number of hydrogen-bond donors (Lipinski definition) is 1. The Bertz CT molecular complexity index is 1080. The van der Waals surface area contributed by atoms with Crippen molar-refractivity contribution in [1.29, 1.82) is 0 Å². The molecule has 0 saturated heterocycles. The van der Waals surface area contributed by atoms with E-state index in [4.69, 9.17) is 4.74 Å². The van der Waals surface area contributed by atoms with Crippen LogP contribution in [0.1, 0.15) is 47.4 Å².